The summed E-state index contributed by atoms with van der Waals surface area (Å²) >= 11 is -1.01. The number of hydrogen-bond donors (Lipinski definition) is 2. The van der Waals surface area contributed by atoms with E-state index in [0.29, 0.717) is 24.3 Å². The third kappa shape index (κ3) is 5.95. The second-order valence-corrected chi connectivity index (χ2v) is 7.56. The fraction of sp³-hybridized carbons (Fsp3) is 0.400. The molecule has 0 aliphatic carbocycles. The summed E-state index contributed by atoms with van der Waals surface area (Å²) in [6.45, 7) is 0.186. The summed E-state index contributed by atoms with van der Waals surface area (Å²) < 4.78 is 12.7. The van der Waals surface area contributed by atoms with Crippen LogP contribution in [-0.2, 0) is 11.2 Å². The first-order valence-corrected chi connectivity index (χ1v) is 9.90. The lowest BCUT2D eigenvalue weighted by molar-refractivity contribution is 0.278. The second-order valence-electron chi connectivity index (χ2n) is 6.01. The van der Waals surface area contributed by atoms with E-state index >= 15 is 0 Å². The van der Waals surface area contributed by atoms with Gasteiger partial charge in [0.15, 0.2) is 0 Å². The minimum Gasteiger partial charge on any atom is -0.616 e. The molecule has 2 unspecified atom stereocenters. The van der Waals surface area contributed by atoms with Crippen LogP contribution in [0.3, 0.4) is 0 Å². The molecule has 2 aromatic carbocycles. The van der Waals surface area contributed by atoms with Gasteiger partial charge in [0.05, 0.1) is 0 Å². The van der Waals surface area contributed by atoms with Crippen LogP contribution in [0.1, 0.15) is 35.8 Å². The monoisotopic (exact) mass is 346 g/mol. The molecule has 2 rings (SSSR count). The van der Waals surface area contributed by atoms with E-state index in [2.05, 4.69) is 0 Å². The second kappa shape index (κ2) is 10.5. The maximum absolute atomic E-state index is 12.7. The maximum atomic E-state index is 12.7. The van der Waals surface area contributed by atoms with Gasteiger partial charge in [-0.05, 0) is 24.0 Å². The molecule has 0 radical (unpaired) electrons. The largest absolute Gasteiger partial charge is 0.616 e. The van der Waals surface area contributed by atoms with E-state index in [1.165, 1.54) is 0 Å². The van der Waals surface area contributed by atoms with E-state index in [4.69, 9.17) is 0 Å². The molecule has 0 heterocycles. The molecule has 0 bridgehead atoms. The molecule has 2 atom stereocenters. The SMILES string of the molecule is [O-][S+](CC(CCO)c1ccccc1)CC(CCO)c1ccccc1. The predicted octanol–water partition coefficient (Wildman–Crippen LogP) is 3.07. The summed E-state index contributed by atoms with van der Waals surface area (Å²) in [4.78, 5) is 0. The first kappa shape index (κ1) is 19.0. The number of aliphatic hydroxyl groups is 2. The Kier molecular flexibility index (Phi) is 8.33. The van der Waals surface area contributed by atoms with Crippen molar-refractivity contribution in [1.29, 1.82) is 0 Å². The van der Waals surface area contributed by atoms with Crippen molar-refractivity contribution in [3.63, 3.8) is 0 Å². The van der Waals surface area contributed by atoms with E-state index in [9.17, 15) is 14.8 Å². The molecule has 4 heteroatoms. The van der Waals surface area contributed by atoms with Crippen LogP contribution in [0.4, 0.5) is 0 Å². The van der Waals surface area contributed by atoms with Gasteiger partial charge < -0.3 is 14.8 Å². The molecule has 24 heavy (non-hydrogen) atoms. The molecule has 2 aromatic rings. The van der Waals surface area contributed by atoms with E-state index in [-0.39, 0.29) is 25.0 Å². The average Bonchev–Trinajstić information content (AvgIpc) is 2.62. The highest BCUT2D eigenvalue weighted by atomic mass is 32.2. The van der Waals surface area contributed by atoms with Crippen LogP contribution in [0.15, 0.2) is 60.7 Å². The molecule has 0 aromatic heterocycles. The molecule has 0 spiro atoms. The number of benzene rings is 2. The molecule has 0 saturated heterocycles. The molecule has 0 amide bonds. The van der Waals surface area contributed by atoms with Gasteiger partial charge in [-0.3, -0.25) is 0 Å². The van der Waals surface area contributed by atoms with Gasteiger partial charge in [0.1, 0.15) is 11.5 Å². The zero-order valence-electron chi connectivity index (χ0n) is 13.9. The van der Waals surface area contributed by atoms with Crippen molar-refractivity contribution >= 4 is 11.2 Å². The van der Waals surface area contributed by atoms with Crippen LogP contribution in [0, 0.1) is 0 Å². The molecule has 3 nitrogen and oxygen atoms in total. The molecular weight excluding hydrogens is 320 g/mol. The molecule has 0 aliphatic rings. The summed E-state index contributed by atoms with van der Waals surface area (Å²) in [6.07, 6.45) is 1.23. The number of hydrogen-bond acceptors (Lipinski definition) is 3. The summed E-state index contributed by atoms with van der Waals surface area (Å²) in [5.74, 6) is 1.28. The zero-order chi connectivity index (χ0) is 17.2. The predicted molar refractivity (Wildman–Crippen MR) is 99.6 cm³/mol. The van der Waals surface area contributed by atoms with Crippen molar-refractivity contribution in [1.82, 2.24) is 0 Å². The van der Waals surface area contributed by atoms with Crippen molar-refractivity contribution in [3.05, 3.63) is 71.8 Å². The Hall–Kier alpha value is -1.33. The minimum atomic E-state index is -1.01. The zero-order valence-corrected chi connectivity index (χ0v) is 14.7. The maximum Gasteiger partial charge on any atom is 0.112 e. The van der Waals surface area contributed by atoms with E-state index < -0.39 is 11.2 Å². The quantitative estimate of drug-likeness (QED) is 0.650. The topological polar surface area (TPSA) is 63.5 Å². The van der Waals surface area contributed by atoms with E-state index in [0.717, 1.165) is 11.1 Å². The van der Waals surface area contributed by atoms with Gasteiger partial charge in [0, 0.05) is 25.0 Å². The number of rotatable bonds is 10. The first-order chi connectivity index (χ1) is 11.7. The van der Waals surface area contributed by atoms with Crippen LogP contribution in [-0.4, -0.2) is 39.5 Å². The van der Waals surface area contributed by atoms with Gasteiger partial charge in [0.2, 0.25) is 0 Å². The van der Waals surface area contributed by atoms with Gasteiger partial charge in [-0.1, -0.05) is 71.8 Å². The van der Waals surface area contributed by atoms with Crippen LogP contribution in [0.2, 0.25) is 0 Å². The molecule has 0 fully saturated rings. The van der Waals surface area contributed by atoms with Crippen molar-refractivity contribution in [3.8, 4) is 0 Å². The molecule has 130 valence electrons. The van der Waals surface area contributed by atoms with Crippen LogP contribution in [0.25, 0.3) is 0 Å². The Morgan fingerprint density at radius 3 is 1.42 bits per heavy atom. The summed E-state index contributed by atoms with van der Waals surface area (Å²) in [7, 11) is 0. The highest BCUT2D eigenvalue weighted by Crippen LogP contribution is 2.26. The lowest BCUT2D eigenvalue weighted by atomic mass is 9.98. The minimum absolute atomic E-state index is 0.0928. The van der Waals surface area contributed by atoms with Crippen molar-refractivity contribution in [2.24, 2.45) is 0 Å². The fourth-order valence-electron chi connectivity index (χ4n) is 2.97. The van der Waals surface area contributed by atoms with E-state index in [1.54, 1.807) is 0 Å². The number of aliphatic hydroxyl groups excluding tert-OH is 2. The van der Waals surface area contributed by atoms with Crippen LogP contribution < -0.4 is 0 Å². The van der Waals surface area contributed by atoms with Gasteiger partial charge in [-0.2, -0.15) is 0 Å². The fourth-order valence-corrected chi connectivity index (χ4v) is 4.72. The average molecular weight is 346 g/mol. The summed E-state index contributed by atoms with van der Waals surface area (Å²) in [5.41, 5.74) is 2.25. The Morgan fingerprint density at radius 1 is 0.708 bits per heavy atom. The molecule has 0 aliphatic heterocycles. The summed E-state index contributed by atoms with van der Waals surface area (Å²) in [5, 5.41) is 18.6. The van der Waals surface area contributed by atoms with Crippen LogP contribution in [0.5, 0.6) is 0 Å². The van der Waals surface area contributed by atoms with Crippen molar-refractivity contribution < 1.29 is 14.8 Å². The van der Waals surface area contributed by atoms with Gasteiger partial charge in [0.25, 0.3) is 0 Å². The Morgan fingerprint density at radius 2 is 1.08 bits per heavy atom. The third-order valence-electron chi connectivity index (χ3n) is 4.27. The third-order valence-corrected chi connectivity index (χ3v) is 5.82. The van der Waals surface area contributed by atoms with Crippen molar-refractivity contribution in [2.75, 3.05) is 24.7 Å². The molecular formula is C20H26O3S. The van der Waals surface area contributed by atoms with Crippen molar-refractivity contribution in [2.45, 2.75) is 24.7 Å². The Balaban J connectivity index is 2.01. The highest BCUT2D eigenvalue weighted by Gasteiger charge is 2.23. The smallest absolute Gasteiger partial charge is 0.112 e. The Bertz CT molecular complexity index is 510. The van der Waals surface area contributed by atoms with Gasteiger partial charge in [-0.25, -0.2) is 0 Å². The Labute approximate surface area is 147 Å². The van der Waals surface area contributed by atoms with Crippen LogP contribution >= 0.6 is 0 Å². The normalized spacial score (nSPS) is 15.0. The first-order valence-electron chi connectivity index (χ1n) is 8.41. The summed E-state index contributed by atoms with van der Waals surface area (Å²) in [6, 6.07) is 19.9. The standard InChI is InChI=1S/C20H26O3S/c21-13-11-19(17-7-3-1-4-8-17)15-24(23)16-20(12-14-22)18-9-5-2-6-10-18/h1-10,19-22H,11-16H2. The van der Waals surface area contributed by atoms with Gasteiger partial charge in [-0.15, -0.1) is 0 Å². The van der Waals surface area contributed by atoms with Gasteiger partial charge >= 0.3 is 0 Å². The lowest BCUT2D eigenvalue weighted by Gasteiger charge is -2.23. The lowest BCUT2D eigenvalue weighted by Crippen LogP contribution is -2.23. The van der Waals surface area contributed by atoms with E-state index in [1.807, 2.05) is 60.7 Å². The molecule has 0 saturated carbocycles. The molecule has 2 N–H and O–H groups in total. The highest BCUT2D eigenvalue weighted by molar-refractivity contribution is 7.91.